The molecule has 1 saturated heterocycles. The van der Waals surface area contributed by atoms with Gasteiger partial charge in [0.25, 0.3) is 0 Å². The van der Waals surface area contributed by atoms with Crippen molar-refractivity contribution in [1.29, 1.82) is 0 Å². The predicted octanol–water partition coefficient (Wildman–Crippen LogP) is -0.863. The Morgan fingerprint density at radius 2 is 2.12 bits per heavy atom. The molecular weight excluding hydrogens is 222 g/mol. The van der Waals surface area contributed by atoms with Crippen molar-refractivity contribution in [2.24, 2.45) is 5.73 Å². The molecule has 1 aliphatic rings. The average Bonchev–Trinajstić information content (AvgIpc) is 2.23. The third-order valence-electron chi connectivity index (χ3n) is 2.72. The summed E-state index contributed by atoms with van der Waals surface area (Å²) in [4.78, 5) is 21.8. The number of amides is 2. The Morgan fingerprint density at radius 3 is 2.65 bits per heavy atom. The lowest BCUT2D eigenvalue weighted by atomic mass is 10.0. The largest absolute Gasteiger partial charge is 0.370 e. The fraction of sp³-hybridized carbons (Fsp3) is 0.818. The van der Waals surface area contributed by atoms with E-state index >= 15 is 0 Å². The molecule has 0 aliphatic carbocycles. The molecule has 0 spiro atoms. The average molecular weight is 243 g/mol. The maximum atomic E-state index is 11.4. The zero-order chi connectivity index (χ0) is 12.7. The van der Waals surface area contributed by atoms with E-state index in [1.54, 1.807) is 0 Å². The number of nitrogens with two attached hydrogens (primary N) is 1. The highest BCUT2D eigenvalue weighted by atomic mass is 16.5. The van der Waals surface area contributed by atoms with Gasteiger partial charge in [0.1, 0.15) is 6.61 Å². The van der Waals surface area contributed by atoms with E-state index < -0.39 is 0 Å². The number of rotatable bonds is 8. The van der Waals surface area contributed by atoms with Crippen molar-refractivity contribution in [2.75, 3.05) is 26.2 Å². The van der Waals surface area contributed by atoms with Crippen LogP contribution in [0.15, 0.2) is 0 Å². The summed E-state index contributed by atoms with van der Waals surface area (Å²) in [6.07, 6.45) is 1.84. The van der Waals surface area contributed by atoms with Gasteiger partial charge in [-0.25, -0.2) is 0 Å². The van der Waals surface area contributed by atoms with Crippen LogP contribution in [0.3, 0.4) is 0 Å². The third-order valence-corrected chi connectivity index (χ3v) is 2.72. The number of unbranched alkanes of at least 4 members (excludes halogenated alkanes) is 1. The molecule has 2 amide bonds. The lowest BCUT2D eigenvalue weighted by Gasteiger charge is -2.38. The van der Waals surface area contributed by atoms with Gasteiger partial charge in [-0.3, -0.25) is 9.59 Å². The highest BCUT2D eigenvalue weighted by molar-refractivity contribution is 5.77. The van der Waals surface area contributed by atoms with Gasteiger partial charge in [-0.1, -0.05) is 0 Å². The van der Waals surface area contributed by atoms with Gasteiger partial charge in [0.2, 0.25) is 11.8 Å². The lowest BCUT2D eigenvalue weighted by Crippen LogP contribution is -2.59. The highest BCUT2D eigenvalue weighted by Gasteiger charge is 2.32. The van der Waals surface area contributed by atoms with Crippen LogP contribution >= 0.6 is 0 Å². The molecule has 0 aromatic carbocycles. The summed E-state index contributed by atoms with van der Waals surface area (Å²) in [5.41, 5.74) is 4.81. The second-order valence-electron chi connectivity index (χ2n) is 4.62. The Balaban J connectivity index is 1.96. The van der Waals surface area contributed by atoms with Crippen LogP contribution in [0.2, 0.25) is 0 Å². The number of primary amides is 1. The molecule has 98 valence electrons. The molecule has 0 radical (unpaired) electrons. The molecule has 17 heavy (non-hydrogen) atoms. The van der Waals surface area contributed by atoms with Crippen molar-refractivity contribution < 1.29 is 14.3 Å². The van der Waals surface area contributed by atoms with Crippen LogP contribution in [0, 0.1) is 0 Å². The monoisotopic (exact) mass is 243 g/mol. The summed E-state index contributed by atoms with van der Waals surface area (Å²) >= 11 is 0. The van der Waals surface area contributed by atoms with Crippen LogP contribution < -0.4 is 16.4 Å². The maximum Gasteiger partial charge on any atom is 0.246 e. The molecule has 1 fully saturated rings. The van der Waals surface area contributed by atoms with Gasteiger partial charge in [0.15, 0.2) is 0 Å². The number of carbonyl (C=O) groups is 2. The van der Waals surface area contributed by atoms with E-state index in [0.717, 1.165) is 19.5 Å². The Bertz CT molecular complexity index is 277. The number of hydrogen-bond acceptors (Lipinski definition) is 4. The standard InChI is InChI=1S/C11H21N3O3/c1-11(7-13-8-11)17-6-10(16)14-5-3-2-4-9(12)15/h13H,2-8H2,1H3,(H2,12,15)(H,14,16). The van der Waals surface area contributed by atoms with Crippen molar-refractivity contribution in [2.45, 2.75) is 31.8 Å². The normalized spacial score (nSPS) is 17.2. The number of carbonyl (C=O) groups excluding carboxylic acids is 2. The van der Waals surface area contributed by atoms with E-state index in [0.29, 0.717) is 19.4 Å². The Morgan fingerprint density at radius 1 is 1.41 bits per heavy atom. The van der Waals surface area contributed by atoms with Crippen LogP contribution in [0.25, 0.3) is 0 Å². The molecule has 6 heteroatoms. The molecule has 6 nitrogen and oxygen atoms in total. The van der Waals surface area contributed by atoms with Gasteiger partial charge in [0.05, 0.1) is 5.60 Å². The Kier molecular flexibility index (Phi) is 5.37. The fourth-order valence-electron chi connectivity index (χ4n) is 1.52. The minimum absolute atomic E-state index is 0.0913. The van der Waals surface area contributed by atoms with Crippen LogP contribution in [-0.4, -0.2) is 43.7 Å². The van der Waals surface area contributed by atoms with Crippen LogP contribution in [0.5, 0.6) is 0 Å². The summed E-state index contributed by atoms with van der Waals surface area (Å²) < 4.78 is 5.47. The van der Waals surface area contributed by atoms with Crippen LogP contribution in [-0.2, 0) is 14.3 Å². The molecule has 1 heterocycles. The van der Waals surface area contributed by atoms with E-state index in [-0.39, 0.29) is 24.0 Å². The van der Waals surface area contributed by atoms with Crippen LogP contribution in [0.4, 0.5) is 0 Å². The topological polar surface area (TPSA) is 93.4 Å². The van der Waals surface area contributed by atoms with Gasteiger partial charge >= 0.3 is 0 Å². The van der Waals surface area contributed by atoms with Gasteiger partial charge in [-0.15, -0.1) is 0 Å². The van der Waals surface area contributed by atoms with Gasteiger partial charge in [-0.2, -0.15) is 0 Å². The van der Waals surface area contributed by atoms with E-state index in [4.69, 9.17) is 10.5 Å². The predicted molar refractivity (Wildman–Crippen MR) is 63.3 cm³/mol. The van der Waals surface area contributed by atoms with Crippen molar-refractivity contribution in [3.8, 4) is 0 Å². The van der Waals surface area contributed by atoms with E-state index in [1.807, 2.05) is 6.92 Å². The van der Waals surface area contributed by atoms with Gasteiger partial charge < -0.3 is 21.1 Å². The second-order valence-corrected chi connectivity index (χ2v) is 4.62. The first-order chi connectivity index (χ1) is 8.02. The molecule has 0 unspecified atom stereocenters. The van der Waals surface area contributed by atoms with E-state index in [9.17, 15) is 9.59 Å². The lowest BCUT2D eigenvalue weighted by molar-refractivity contribution is -0.135. The molecule has 0 aromatic heterocycles. The molecule has 0 atom stereocenters. The zero-order valence-corrected chi connectivity index (χ0v) is 10.3. The number of ether oxygens (including phenoxy) is 1. The molecule has 0 aromatic rings. The summed E-state index contributed by atoms with van der Waals surface area (Å²) in [7, 11) is 0. The maximum absolute atomic E-state index is 11.4. The molecule has 1 rings (SSSR count). The second kappa shape index (κ2) is 6.56. The number of nitrogens with one attached hydrogen (secondary N) is 2. The summed E-state index contributed by atoms with van der Waals surface area (Å²) in [6, 6.07) is 0. The van der Waals surface area contributed by atoms with E-state index in [1.165, 1.54) is 0 Å². The SMILES string of the molecule is CC1(OCC(=O)NCCCCC(N)=O)CNC1. The van der Waals surface area contributed by atoms with Crippen LogP contribution in [0.1, 0.15) is 26.2 Å². The molecule has 0 saturated carbocycles. The quantitative estimate of drug-likeness (QED) is 0.483. The summed E-state index contributed by atoms with van der Waals surface area (Å²) in [5.74, 6) is -0.415. The van der Waals surface area contributed by atoms with Crippen molar-refractivity contribution >= 4 is 11.8 Å². The summed E-state index contributed by atoms with van der Waals surface area (Å²) in [6.45, 7) is 4.21. The molecule has 1 aliphatic heterocycles. The summed E-state index contributed by atoms with van der Waals surface area (Å²) in [5, 5.41) is 5.84. The molecular formula is C11H21N3O3. The first-order valence-electron chi connectivity index (χ1n) is 5.91. The minimum atomic E-state index is -0.301. The minimum Gasteiger partial charge on any atom is -0.370 e. The third kappa shape index (κ3) is 5.65. The molecule has 0 bridgehead atoms. The number of hydrogen-bond donors (Lipinski definition) is 3. The Labute approximate surface area is 101 Å². The highest BCUT2D eigenvalue weighted by Crippen LogP contribution is 2.14. The zero-order valence-electron chi connectivity index (χ0n) is 10.3. The fourth-order valence-corrected chi connectivity index (χ4v) is 1.52. The first-order valence-corrected chi connectivity index (χ1v) is 5.91. The van der Waals surface area contributed by atoms with Gasteiger partial charge in [0, 0.05) is 26.1 Å². The van der Waals surface area contributed by atoms with E-state index in [2.05, 4.69) is 10.6 Å². The molecule has 4 N–H and O–H groups in total. The Hall–Kier alpha value is -1.14. The van der Waals surface area contributed by atoms with Gasteiger partial charge in [-0.05, 0) is 19.8 Å². The van der Waals surface area contributed by atoms with Crippen molar-refractivity contribution in [3.05, 3.63) is 0 Å². The first kappa shape index (κ1) is 13.9. The van der Waals surface area contributed by atoms with Crippen molar-refractivity contribution in [3.63, 3.8) is 0 Å². The smallest absolute Gasteiger partial charge is 0.246 e. The van der Waals surface area contributed by atoms with Crippen molar-refractivity contribution in [1.82, 2.24) is 10.6 Å².